The highest BCUT2D eigenvalue weighted by atomic mass is 16.6. The number of carboxylic acid groups (broad SMARTS) is 1. The average molecular weight is 395 g/mol. The summed E-state index contributed by atoms with van der Waals surface area (Å²) in [5.74, 6) is -0.809. The number of alkyl carbamates (subject to hydrolysis) is 1. The van der Waals surface area contributed by atoms with E-state index in [1.165, 1.54) is 0 Å². The lowest BCUT2D eigenvalue weighted by atomic mass is 9.79. The number of benzene rings is 2. The van der Waals surface area contributed by atoms with Crippen molar-refractivity contribution < 1.29 is 19.4 Å². The molecule has 0 spiro atoms. The van der Waals surface area contributed by atoms with Crippen molar-refractivity contribution in [1.29, 1.82) is 0 Å². The molecule has 2 N–H and O–H groups in total. The minimum absolute atomic E-state index is 0.196. The number of aliphatic carboxylic acids is 1. The number of nitrogens with one attached hydrogen (secondary N) is 1. The maximum absolute atomic E-state index is 12.2. The van der Waals surface area contributed by atoms with Gasteiger partial charge in [-0.25, -0.2) is 4.79 Å². The van der Waals surface area contributed by atoms with Gasteiger partial charge in [-0.1, -0.05) is 54.6 Å². The minimum atomic E-state index is -0.880. The van der Waals surface area contributed by atoms with Crippen LogP contribution in [0.3, 0.4) is 0 Å². The molecule has 5 heteroatoms. The van der Waals surface area contributed by atoms with Crippen LogP contribution in [-0.4, -0.2) is 28.8 Å². The van der Waals surface area contributed by atoms with E-state index in [1.807, 2.05) is 69.3 Å². The van der Waals surface area contributed by atoms with Crippen LogP contribution in [0.2, 0.25) is 0 Å². The van der Waals surface area contributed by atoms with E-state index in [2.05, 4.69) is 11.4 Å². The van der Waals surface area contributed by atoms with Crippen molar-refractivity contribution in [1.82, 2.24) is 5.32 Å². The maximum atomic E-state index is 12.2. The van der Waals surface area contributed by atoms with Gasteiger partial charge in [0.25, 0.3) is 0 Å². The van der Waals surface area contributed by atoms with E-state index >= 15 is 0 Å². The number of carboxylic acids is 1. The highest BCUT2D eigenvalue weighted by Gasteiger charge is 2.46. The summed E-state index contributed by atoms with van der Waals surface area (Å²) in [6.45, 7) is 5.42. The molecule has 0 bridgehead atoms. The number of hydrogen-bond donors (Lipinski definition) is 2. The van der Waals surface area contributed by atoms with Crippen LogP contribution in [0.15, 0.2) is 54.6 Å². The molecule has 1 aliphatic rings. The third kappa shape index (κ3) is 5.37. The molecule has 0 saturated heterocycles. The molecule has 0 aliphatic heterocycles. The van der Waals surface area contributed by atoms with Gasteiger partial charge in [-0.05, 0) is 63.1 Å². The number of amides is 1. The fraction of sp³-hybridized carbons (Fsp3) is 0.417. The molecule has 29 heavy (non-hydrogen) atoms. The van der Waals surface area contributed by atoms with Crippen molar-refractivity contribution >= 4 is 12.1 Å². The first-order chi connectivity index (χ1) is 13.7. The Bertz CT molecular complexity index is 872. The fourth-order valence-corrected chi connectivity index (χ4v) is 4.04. The zero-order valence-electron chi connectivity index (χ0n) is 17.3. The summed E-state index contributed by atoms with van der Waals surface area (Å²) in [4.78, 5) is 24.3. The molecule has 1 fully saturated rings. The van der Waals surface area contributed by atoms with E-state index in [4.69, 9.17) is 4.74 Å². The van der Waals surface area contributed by atoms with E-state index in [1.54, 1.807) is 0 Å². The molecule has 2 aromatic carbocycles. The van der Waals surface area contributed by atoms with Crippen LogP contribution in [0.1, 0.15) is 45.6 Å². The zero-order valence-corrected chi connectivity index (χ0v) is 17.3. The lowest BCUT2D eigenvalue weighted by molar-refractivity contribution is -0.148. The molecule has 1 aliphatic carbocycles. The number of carbonyl (C=O) groups excluding carboxylic acids is 1. The van der Waals surface area contributed by atoms with Crippen LogP contribution in [0.4, 0.5) is 4.79 Å². The molecule has 2 aromatic rings. The van der Waals surface area contributed by atoms with Gasteiger partial charge in [-0.3, -0.25) is 4.79 Å². The van der Waals surface area contributed by atoms with Crippen LogP contribution >= 0.6 is 0 Å². The molecular formula is C24H29NO4. The maximum Gasteiger partial charge on any atom is 0.407 e. The Hall–Kier alpha value is -2.82. The second kappa shape index (κ2) is 8.27. The summed E-state index contributed by atoms with van der Waals surface area (Å²) in [7, 11) is 0. The largest absolute Gasteiger partial charge is 0.481 e. The van der Waals surface area contributed by atoms with Gasteiger partial charge in [-0.15, -0.1) is 0 Å². The van der Waals surface area contributed by atoms with Crippen LogP contribution < -0.4 is 5.32 Å². The van der Waals surface area contributed by atoms with Gasteiger partial charge in [0.1, 0.15) is 5.60 Å². The normalized spacial score (nSPS) is 21.6. The summed E-state index contributed by atoms with van der Waals surface area (Å²) < 4.78 is 5.31. The number of ether oxygens (including phenoxy) is 1. The molecule has 0 unspecified atom stereocenters. The van der Waals surface area contributed by atoms with Crippen LogP contribution in [0.25, 0.3) is 11.1 Å². The molecule has 154 valence electrons. The third-order valence-corrected chi connectivity index (χ3v) is 5.36. The van der Waals surface area contributed by atoms with Gasteiger partial charge in [-0.2, -0.15) is 0 Å². The topological polar surface area (TPSA) is 75.6 Å². The first-order valence-corrected chi connectivity index (χ1v) is 10.0. The third-order valence-electron chi connectivity index (χ3n) is 5.36. The molecule has 0 aromatic heterocycles. The van der Waals surface area contributed by atoms with Crippen molar-refractivity contribution in [3.05, 3.63) is 60.2 Å². The van der Waals surface area contributed by atoms with Crippen LogP contribution in [0.5, 0.6) is 0 Å². The van der Waals surface area contributed by atoms with Gasteiger partial charge in [0.2, 0.25) is 0 Å². The Morgan fingerprint density at radius 1 is 1.10 bits per heavy atom. The summed E-state index contributed by atoms with van der Waals surface area (Å²) >= 11 is 0. The molecule has 3 rings (SSSR count). The number of carbonyl (C=O) groups is 2. The average Bonchev–Trinajstić information content (AvgIpc) is 3.05. The second-order valence-electron chi connectivity index (χ2n) is 8.91. The fourth-order valence-electron chi connectivity index (χ4n) is 4.04. The minimum Gasteiger partial charge on any atom is -0.481 e. The smallest absolute Gasteiger partial charge is 0.407 e. The van der Waals surface area contributed by atoms with E-state index in [0.29, 0.717) is 25.7 Å². The Labute approximate surface area is 172 Å². The van der Waals surface area contributed by atoms with Crippen LogP contribution in [-0.2, 0) is 16.0 Å². The van der Waals surface area contributed by atoms with Crippen molar-refractivity contribution in [3.8, 4) is 11.1 Å². The molecular weight excluding hydrogens is 366 g/mol. The lowest BCUT2D eigenvalue weighted by Gasteiger charge is -2.26. The van der Waals surface area contributed by atoms with E-state index in [9.17, 15) is 14.7 Å². The number of rotatable bonds is 5. The molecule has 1 saturated carbocycles. The Kier molecular flexibility index (Phi) is 5.96. The predicted molar refractivity (Wildman–Crippen MR) is 113 cm³/mol. The van der Waals surface area contributed by atoms with Crippen molar-refractivity contribution in [2.45, 2.75) is 58.1 Å². The Morgan fingerprint density at radius 3 is 2.45 bits per heavy atom. The summed E-state index contributed by atoms with van der Waals surface area (Å²) in [5, 5.41) is 12.8. The molecule has 0 heterocycles. The van der Waals surface area contributed by atoms with Gasteiger partial charge >= 0.3 is 12.1 Å². The SMILES string of the molecule is CC(C)(C)OC(=O)N[C@H]1CC[C@](Cc2cccc(-c3ccccc3)c2)(C(=O)O)C1. The number of hydrogen-bond acceptors (Lipinski definition) is 3. The second-order valence-corrected chi connectivity index (χ2v) is 8.91. The summed E-state index contributed by atoms with van der Waals surface area (Å²) in [5.41, 5.74) is 1.71. The summed E-state index contributed by atoms with van der Waals surface area (Å²) in [6.07, 6.45) is 1.50. The van der Waals surface area contributed by atoms with Gasteiger partial charge in [0.15, 0.2) is 0 Å². The predicted octanol–water partition coefficient (Wildman–Crippen LogP) is 5.04. The molecule has 1 amide bonds. The Balaban J connectivity index is 1.73. The first kappa shape index (κ1) is 20.9. The van der Waals surface area contributed by atoms with E-state index < -0.39 is 23.1 Å². The van der Waals surface area contributed by atoms with Crippen molar-refractivity contribution in [2.24, 2.45) is 5.41 Å². The molecule has 5 nitrogen and oxygen atoms in total. The van der Waals surface area contributed by atoms with Crippen LogP contribution in [0, 0.1) is 5.41 Å². The monoisotopic (exact) mass is 395 g/mol. The van der Waals surface area contributed by atoms with Crippen molar-refractivity contribution in [2.75, 3.05) is 0 Å². The van der Waals surface area contributed by atoms with E-state index in [0.717, 1.165) is 16.7 Å². The zero-order chi connectivity index (χ0) is 21.1. The van der Waals surface area contributed by atoms with Gasteiger partial charge in [0.05, 0.1) is 5.41 Å². The standard InChI is InChI=1S/C24H29NO4/c1-23(2,3)29-22(28)25-20-12-13-24(16-20,21(26)27)15-17-8-7-11-19(14-17)18-9-5-4-6-10-18/h4-11,14,20H,12-13,15-16H2,1-3H3,(H,25,28)(H,26,27)/t20-,24+/m0/s1. The highest BCUT2D eigenvalue weighted by Crippen LogP contribution is 2.42. The van der Waals surface area contributed by atoms with E-state index in [-0.39, 0.29) is 6.04 Å². The summed E-state index contributed by atoms with van der Waals surface area (Å²) in [6, 6.07) is 17.9. The van der Waals surface area contributed by atoms with Crippen molar-refractivity contribution in [3.63, 3.8) is 0 Å². The molecule has 0 radical (unpaired) electrons. The molecule has 2 atom stereocenters. The lowest BCUT2D eigenvalue weighted by Crippen LogP contribution is -2.39. The van der Waals surface area contributed by atoms with Gasteiger partial charge in [0, 0.05) is 6.04 Å². The first-order valence-electron chi connectivity index (χ1n) is 10.0. The Morgan fingerprint density at radius 2 is 1.79 bits per heavy atom. The van der Waals surface area contributed by atoms with Gasteiger partial charge < -0.3 is 15.2 Å². The highest BCUT2D eigenvalue weighted by molar-refractivity contribution is 5.76. The quantitative estimate of drug-likeness (QED) is 0.743.